The van der Waals surface area contributed by atoms with E-state index in [1.54, 1.807) is 0 Å². The molecule has 1 fully saturated rings. The number of carbonyl (C=O) groups is 1. The second-order valence-corrected chi connectivity index (χ2v) is 7.00. The van der Waals surface area contributed by atoms with Crippen LogP contribution in [0.25, 0.3) is 0 Å². The number of hydrogen-bond acceptors (Lipinski definition) is 2. The molecule has 1 aliphatic rings. The molecule has 1 unspecified atom stereocenters. The normalized spacial score (nSPS) is 24.8. The molecule has 0 aromatic heterocycles. The van der Waals surface area contributed by atoms with E-state index < -0.39 is 5.97 Å². The lowest BCUT2D eigenvalue weighted by atomic mass is 9.80. The second kappa shape index (κ2) is 9.38. The Bertz CT molecular complexity index is 270. The molecule has 2 N–H and O–H groups in total. The number of nitrogens with one attached hydrogen (secondary N) is 1. The minimum absolute atomic E-state index is 0.230. The SMILES string of the molecule is CCCC1CCC(CNCC(CC(C)C)C(=O)O)CC1. The Labute approximate surface area is 124 Å². The van der Waals surface area contributed by atoms with Gasteiger partial charge in [0.2, 0.25) is 0 Å². The Hall–Kier alpha value is -0.570. The molecular weight excluding hydrogens is 250 g/mol. The third kappa shape index (κ3) is 6.74. The van der Waals surface area contributed by atoms with Gasteiger partial charge in [0, 0.05) is 6.54 Å². The van der Waals surface area contributed by atoms with Gasteiger partial charge >= 0.3 is 5.97 Å². The highest BCUT2D eigenvalue weighted by molar-refractivity contribution is 5.70. The topological polar surface area (TPSA) is 49.3 Å². The maximum absolute atomic E-state index is 11.2. The van der Waals surface area contributed by atoms with Crippen LogP contribution in [0.3, 0.4) is 0 Å². The summed E-state index contributed by atoms with van der Waals surface area (Å²) in [6, 6.07) is 0. The van der Waals surface area contributed by atoms with E-state index in [4.69, 9.17) is 0 Å². The molecule has 20 heavy (non-hydrogen) atoms. The zero-order valence-electron chi connectivity index (χ0n) is 13.5. The summed E-state index contributed by atoms with van der Waals surface area (Å²) in [7, 11) is 0. The highest BCUT2D eigenvalue weighted by Gasteiger charge is 2.22. The number of rotatable bonds is 9. The van der Waals surface area contributed by atoms with E-state index in [9.17, 15) is 9.90 Å². The van der Waals surface area contributed by atoms with Crippen molar-refractivity contribution in [1.29, 1.82) is 0 Å². The number of hydrogen-bond donors (Lipinski definition) is 2. The first-order valence-corrected chi connectivity index (χ1v) is 8.46. The van der Waals surface area contributed by atoms with Gasteiger partial charge in [-0.15, -0.1) is 0 Å². The smallest absolute Gasteiger partial charge is 0.307 e. The molecule has 118 valence electrons. The van der Waals surface area contributed by atoms with E-state index >= 15 is 0 Å². The molecule has 0 saturated heterocycles. The average molecular weight is 283 g/mol. The van der Waals surface area contributed by atoms with E-state index in [1.807, 2.05) is 0 Å². The van der Waals surface area contributed by atoms with Crippen LogP contribution in [0.5, 0.6) is 0 Å². The predicted octanol–water partition coefficient (Wildman–Crippen LogP) is 3.93. The van der Waals surface area contributed by atoms with Crippen LogP contribution in [0.1, 0.15) is 65.7 Å². The zero-order chi connectivity index (χ0) is 15.0. The van der Waals surface area contributed by atoms with Gasteiger partial charge in [-0.25, -0.2) is 0 Å². The van der Waals surface area contributed by atoms with E-state index in [-0.39, 0.29) is 5.92 Å². The van der Waals surface area contributed by atoms with E-state index in [1.165, 1.54) is 38.5 Å². The summed E-state index contributed by atoms with van der Waals surface area (Å²) in [5, 5.41) is 12.6. The maximum Gasteiger partial charge on any atom is 0.307 e. The Kier molecular flexibility index (Phi) is 8.20. The van der Waals surface area contributed by atoms with Crippen molar-refractivity contribution in [2.75, 3.05) is 13.1 Å². The highest BCUT2D eigenvalue weighted by Crippen LogP contribution is 2.31. The predicted molar refractivity (Wildman–Crippen MR) is 83.8 cm³/mol. The Morgan fingerprint density at radius 2 is 1.80 bits per heavy atom. The van der Waals surface area contributed by atoms with Crippen molar-refractivity contribution in [1.82, 2.24) is 5.32 Å². The fourth-order valence-electron chi connectivity index (χ4n) is 3.43. The number of carboxylic acid groups (broad SMARTS) is 1. The van der Waals surface area contributed by atoms with Crippen LogP contribution in [0, 0.1) is 23.7 Å². The summed E-state index contributed by atoms with van der Waals surface area (Å²) in [5.74, 6) is 1.27. The monoisotopic (exact) mass is 283 g/mol. The molecule has 0 aromatic rings. The van der Waals surface area contributed by atoms with Crippen molar-refractivity contribution in [3.63, 3.8) is 0 Å². The van der Waals surface area contributed by atoms with Crippen molar-refractivity contribution in [2.24, 2.45) is 23.7 Å². The Morgan fingerprint density at radius 3 is 2.30 bits per heavy atom. The average Bonchev–Trinajstić information content (AvgIpc) is 2.39. The lowest BCUT2D eigenvalue weighted by Gasteiger charge is -2.29. The molecule has 0 radical (unpaired) electrons. The molecule has 0 aliphatic heterocycles. The van der Waals surface area contributed by atoms with Crippen molar-refractivity contribution in [3.05, 3.63) is 0 Å². The molecule has 1 saturated carbocycles. The minimum atomic E-state index is -0.655. The standard InChI is InChI=1S/C17H33NO2/c1-4-5-14-6-8-15(9-7-14)11-18-12-16(17(19)20)10-13(2)3/h13-16,18H,4-12H2,1-3H3,(H,19,20). The fourth-order valence-corrected chi connectivity index (χ4v) is 3.43. The molecule has 0 amide bonds. The first-order chi connectivity index (χ1) is 9.52. The zero-order valence-corrected chi connectivity index (χ0v) is 13.5. The quantitative estimate of drug-likeness (QED) is 0.674. The molecule has 3 nitrogen and oxygen atoms in total. The van der Waals surface area contributed by atoms with Gasteiger partial charge in [0.05, 0.1) is 5.92 Å². The van der Waals surface area contributed by atoms with Gasteiger partial charge in [-0.05, 0) is 43.6 Å². The molecular formula is C17H33NO2. The first kappa shape index (κ1) is 17.5. The molecule has 1 atom stereocenters. The molecule has 0 aromatic carbocycles. The lowest BCUT2D eigenvalue weighted by molar-refractivity contribution is -0.142. The summed E-state index contributed by atoms with van der Waals surface area (Å²) >= 11 is 0. The molecule has 1 rings (SSSR count). The third-order valence-corrected chi connectivity index (χ3v) is 4.59. The van der Waals surface area contributed by atoms with Gasteiger partial charge in [0.25, 0.3) is 0 Å². The van der Waals surface area contributed by atoms with Gasteiger partial charge < -0.3 is 10.4 Å². The van der Waals surface area contributed by atoms with Crippen LogP contribution >= 0.6 is 0 Å². The van der Waals surface area contributed by atoms with Crippen LogP contribution in [-0.4, -0.2) is 24.2 Å². The van der Waals surface area contributed by atoms with E-state index in [0.29, 0.717) is 12.5 Å². The van der Waals surface area contributed by atoms with Crippen LogP contribution in [0.2, 0.25) is 0 Å². The summed E-state index contributed by atoms with van der Waals surface area (Å²) in [5.41, 5.74) is 0. The summed E-state index contributed by atoms with van der Waals surface area (Å²) in [6.07, 6.45) is 8.84. The van der Waals surface area contributed by atoms with Crippen LogP contribution in [-0.2, 0) is 4.79 Å². The summed E-state index contributed by atoms with van der Waals surface area (Å²) < 4.78 is 0. The number of carboxylic acids is 1. The highest BCUT2D eigenvalue weighted by atomic mass is 16.4. The third-order valence-electron chi connectivity index (χ3n) is 4.59. The van der Waals surface area contributed by atoms with Gasteiger partial charge in [-0.3, -0.25) is 4.79 Å². The fraction of sp³-hybridized carbons (Fsp3) is 0.941. The van der Waals surface area contributed by atoms with Crippen LogP contribution in [0.4, 0.5) is 0 Å². The van der Waals surface area contributed by atoms with Gasteiger partial charge in [-0.1, -0.05) is 46.5 Å². The molecule has 0 heterocycles. The van der Waals surface area contributed by atoms with Crippen molar-refractivity contribution < 1.29 is 9.90 Å². The summed E-state index contributed by atoms with van der Waals surface area (Å²) in [6.45, 7) is 8.08. The van der Waals surface area contributed by atoms with Crippen molar-refractivity contribution in [2.45, 2.75) is 65.7 Å². The van der Waals surface area contributed by atoms with Gasteiger partial charge in [0.1, 0.15) is 0 Å². The molecule has 0 bridgehead atoms. The second-order valence-electron chi connectivity index (χ2n) is 7.00. The van der Waals surface area contributed by atoms with E-state index in [0.717, 1.165) is 24.8 Å². The Balaban J connectivity index is 2.18. The largest absolute Gasteiger partial charge is 0.481 e. The van der Waals surface area contributed by atoms with Crippen molar-refractivity contribution >= 4 is 5.97 Å². The van der Waals surface area contributed by atoms with Gasteiger partial charge in [0.15, 0.2) is 0 Å². The first-order valence-electron chi connectivity index (χ1n) is 8.46. The van der Waals surface area contributed by atoms with Gasteiger partial charge in [-0.2, -0.15) is 0 Å². The summed E-state index contributed by atoms with van der Waals surface area (Å²) in [4.78, 5) is 11.2. The van der Waals surface area contributed by atoms with Crippen LogP contribution in [0.15, 0.2) is 0 Å². The number of aliphatic carboxylic acids is 1. The maximum atomic E-state index is 11.2. The minimum Gasteiger partial charge on any atom is -0.481 e. The van der Waals surface area contributed by atoms with E-state index in [2.05, 4.69) is 26.1 Å². The lowest BCUT2D eigenvalue weighted by Crippen LogP contribution is -2.33. The molecule has 3 heteroatoms. The molecule has 1 aliphatic carbocycles. The molecule has 0 spiro atoms. The Morgan fingerprint density at radius 1 is 1.20 bits per heavy atom. The van der Waals surface area contributed by atoms with Crippen molar-refractivity contribution in [3.8, 4) is 0 Å². The van der Waals surface area contributed by atoms with Crippen LogP contribution < -0.4 is 5.32 Å².